The fourth-order valence-corrected chi connectivity index (χ4v) is 1.88. The first-order valence-corrected chi connectivity index (χ1v) is 6.47. The molecule has 0 aromatic heterocycles. The molecule has 0 atom stereocenters. The molecule has 0 bridgehead atoms. The first-order valence-electron chi connectivity index (χ1n) is 6.47. The Balaban J connectivity index is 2.31. The van der Waals surface area contributed by atoms with Crippen LogP contribution in [0.4, 0.5) is 10.5 Å². The van der Waals surface area contributed by atoms with Gasteiger partial charge < -0.3 is 5.32 Å². The number of Topliss-reactive ketones (excluding diaryl/α,β-unsaturated/α-hetero) is 1. The minimum Gasteiger partial charge on any atom is -0.306 e. The van der Waals surface area contributed by atoms with Crippen LogP contribution in [0.5, 0.6) is 0 Å². The molecule has 0 spiro atoms. The standard InChI is InChI=1S/C15H13N5O2/c1-9-10(2)14(21)13(19-20-16)8-12(9)18-15(22)17-11-6-4-3-5-7-11/h3-8H,1-2H3,(H,17,22). The highest BCUT2D eigenvalue weighted by atomic mass is 16.2. The van der Waals surface area contributed by atoms with Crippen molar-refractivity contribution >= 4 is 23.2 Å². The van der Waals surface area contributed by atoms with Gasteiger partial charge in [0.05, 0.1) is 11.4 Å². The zero-order valence-corrected chi connectivity index (χ0v) is 12.1. The van der Waals surface area contributed by atoms with E-state index in [4.69, 9.17) is 5.53 Å². The highest BCUT2D eigenvalue weighted by Gasteiger charge is 2.21. The Labute approximate surface area is 126 Å². The van der Waals surface area contributed by atoms with Crippen LogP contribution in [0.1, 0.15) is 13.8 Å². The first kappa shape index (κ1) is 15.2. The van der Waals surface area contributed by atoms with Crippen LogP contribution in [-0.4, -0.2) is 17.5 Å². The normalized spacial score (nSPS) is 16.2. The molecule has 7 heteroatoms. The first-order chi connectivity index (χ1) is 10.5. The Morgan fingerprint density at radius 2 is 1.86 bits per heavy atom. The van der Waals surface area contributed by atoms with Crippen LogP contribution in [0.25, 0.3) is 10.4 Å². The zero-order valence-electron chi connectivity index (χ0n) is 12.1. The summed E-state index contributed by atoms with van der Waals surface area (Å²) in [5, 5.41) is 5.95. The number of nitrogens with one attached hydrogen (secondary N) is 1. The number of azide groups is 1. The van der Waals surface area contributed by atoms with Gasteiger partial charge in [-0.1, -0.05) is 23.3 Å². The lowest BCUT2D eigenvalue weighted by Gasteiger charge is -2.13. The van der Waals surface area contributed by atoms with E-state index in [-0.39, 0.29) is 11.5 Å². The van der Waals surface area contributed by atoms with Gasteiger partial charge in [0.25, 0.3) is 0 Å². The number of aliphatic imine (C=N–C) groups is 1. The Bertz CT molecular complexity index is 768. The fraction of sp³-hybridized carbons (Fsp3) is 0.133. The van der Waals surface area contributed by atoms with E-state index in [1.54, 1.807) is 38.1 Å². The number of amides is 2. The number of hydrogen-bond donors (Lipinski definition) is 1. The molecular formula is C15H13N5O2. The number of rotatable bonds is 2. The lowest BCUT2D eigenvalue weighted by atomic mass is 9.94. The lowest BCUT2D eigenvalue weighted by Crippen LogP contribution is -2.18. The predicted molar refractivity (Wildman–Crippen MR) is 83.5 cm³/mol. The molecule has 22 heavy (non-hydrogen) atoms. The van der Waals surface area contributed by atoms with Gasteiger partial charge in [-0.25, -0.2) is 4.79 Å². The summed E-state index contributed by atoms with van der Waals surface area (Å²) in [6.07, 6.45) is 1.31. The maximum Gasteiger partial charge on any atom is 0.345 e. The Morgan fingerprint density at radius 3 is 2.50 bits per heavy atom. The molecule has 110 valence electrons. The number of urea groups is 1. The number of nitrogens with zero attached hydrogens (tertiary/aromatic N) is 4. The van der Waals surface area contributed by atoms with Crippen LogP contribution >= 0.6 is 0 Å². The lowest BCUT2D eigenvalue weighted by molar-refractivity contribution is -0.112. The van der Waals surface area contributed by atoms with Crippen LogP contribution in [0, 0.1) is 0 Å². The summed E-state index contributed by atoms with van der Waals surface area (Å²) >= 11 is 0. The van der Waals surface area contributed by atoms with Crippen molar-refractivity contribution in [3.63, 3.8) is 0 Å². The second-order valence-electron chi connectivity index (χ2n) is 4.59. The third kappa shape index (κ3) is 3.28. The Hall–Kier alpha value is -3.18. The second kappa shape index (κ2) is 6.51. The highest BCUT2D eigenvalue weighted by Crippen LogP contribution is 2.20. The summed E-state index contributed by atoms with van der Waals surface area (Å²) < 4.78 is 0. The van der Waals surface area contributed by atoms with Crippen molar-refractivity contribution in [2.75, 3.05) is 5.32 Å². The van der Waals surface area contributed by atoms with Crippen molar-refractivity contribution in [3.05, 3.63) is 63.7 Å². The maximum atomic E-state index is 11.9. The SMILES string of the molecule is CC1=C(C)C(=NC(=O)Nc2ccccc2)C=C(N=[N+]=[N-])C1=O. The molecule has 1 aromatic carbocycles. The topological polar surface area (TPSA) is 107 Å². The van der Waals surface area contributed by atoms with E-state index in [0.29, 0.717) is 22.5 Å². The van der Waals surface area contributed by atoms with Crippen molar-refractivity contribution in [2.24, 2.45) is 10.1 Å². The number of allylic oxidation sites excluding steroid dienone is 3. The van der Waals surface area contributed by atoms with Crippen LogP contribution < -0.4 is 5.32 Å². The molecule has 0 saturated heterocycles. The van der Waals surface area contributed by atoms with E-state index >= 15 is 0 Å². The molecule has 0 aliphatic heterocycles. The molecule has 1 aliphatic carbocycles. The molecule has 2 rings (SSSR count). The van der Waals surface area contributed by atoms with Gasteiger partial charge in [-0.05, 0) is 43.2 Å². The average molecular weight is 295 g/mol. The third-order valence-corrected chi connectivity index (χ3v) is 3.19. The molecule has 2 amide bonds. The van der Waals surface area contributed by atoms with Crippen LogP contribution in [0.15, 0.2) is 63.4 Å². The Morgan fingerprint density at radius 1 is 1.18 bits per heavy atom. The van der Waals surface area contributed by atoms with Gasteiger partial charge in [-0.3, -0.25) is 4.79 Å². The predicted octanol–water partition coefficient (Wildman–Crippen LogP) is 3.77. The summed E-state index contributed by atoms with van der Waals surface area (Å²) in [7, 11) is 0. The van der Waals surface area contributed by atoms with Gasteiger partial charge in [0.2, 0.25) is 0 Å². The summed E-state index contributed by atoms with van der Waals surface area (Å²) in [6, 6.07) is 8.31. The molecule has 7 nitrogen and oxygen atoms in total. The summed E-state index contributed by atoms with van der Waals surface area (Å²) in [4.78, 5) is 30.4. The number of para-hydroxylation sites is 1. The van der Waals surface area contributed by atoms with Crippen molar-refractivity contribution in [1.29, 1.82) is 0 Å². The minimum atomic E-state index is -0.570. The molecule has 0 unspecified atom stereocenters. The van der Waals surface area contributed by atoms with Crippen LogP contribution in [0.2, 0.25) is 0 Å². The molecule has 0 radical (unpaired) electrons. The smallest absolute Gasteiger partial charge is 0.306 e. The molecule has 0 saturated carbocycles. The highest BCUT2D eigenvalue weighted by molar-refractivity contribution is 6.25. The van der Waals surface area contributed by atoms with E-state index in [9.17, 15) is 9.59 Å². The van der Waals surface area contributed by atoms with E-state index in [0.717, 1.165) is 0 Å². The minimum absolute atomic E-state index is 0.0724. The van der Waals surface area contributed by atoms with Crippen molar-refractivity contribution in [2.45, 2.75) is 13.8 Å². The van der Waals surface area contributed by atoms with E-state index in [2.05, 4.69) is 20.3 Å². The van der Waals surface area contributed by atoms with E-state index < -0.39 is 6.03 Å². The van der Waals surface area contributed by atoms with Gasteiger partial charge in [-0.15, -0.1) is 0 Å². The molecule has 1 aliphatic rings. The molecule has 0 heterocycles. The van der Waals surface area contributed by atoms with Crippen LogP contribution in [0.3, 0.4) is 0 Å². The van der Waals surface area contributed by atoms with Crippen molar-refractivity contribution in [3.8, 4) is 0 Å². The summed E-state index contributed by atoms with van der Waals surface area (Å²) in [5.41, 5.74) is 10.3. The average Bonchev–Trinajstić information content (AvgIpc) is 2.51. The quantitative estimate of drug-likeness (QED) is 0.388. The monoisotopic (exact) mass is 295 g/mol. The third-order valence-electron chi connectivity index (χ3n) is 3.19. The number of carbonyl (C=O) groups is 2. The van der Waals surface area contributed by atoms with Crippen molar-refractivity contribution < 1.29 is 9.59 Å². The van der Waals surface area contributed by atoms with E-state index in [1.807, 2.05) is 6.07 Å². The van der Waals surface area contributed by atoms with Gasteiger partial charge in [-0.2, -0.15) is 4.99 Å². The number of hydrogen-bond acceptors (Lipinski definition) is 3. The van der Waals surface area contributed by atoms with Gasteiger partial charge >= 0.3 is 6.03 Å². The molecular weight excluding hydrogens is 282 g/mol. The molecule has 0 fully saturated rings. The van der Waals surface area contributed by atoms with Crippen LogP contribution in [-0.2, 0) is 4.79 Å². The van der Waals surface area contributed by atoms with Gasteiger partial charge in [0.1, 0.15) is 0 Å². The van der Waals surface area contributed by atoms with E-state index in [1.165, 1.54) is 6.08 Å². The number of carbonyl (C=O) groups excluding carboxylic acids is 2. The van der Waals surface area contributed by atoms with Gasteiger partial charge in [0, 0.05) is 16.2 Å². The summed E-state index contributed by atoms with van der Waals surface area (Å²) in [6.45, 7) is 3.29. The number of ketones is 1. The maximum absolute atomic E-state index is 11.9. The largest absolute Gasteiger partial charge is 0.345 e. The van der Waals surface area contributed by atoms with Crippen molar-refractivity contribution in [1.82, 2.24) is 0 Å². The zero-order chi connectivity index (χ0) is 16.1. The second-order valence-corrected chi connectivity index (χ2v) is 4.59. The summed E-state index contributed by atoms with van der Waals surface area (Å²) in [5.74, 6) is -0.363. The Kier molecular flexibility index (Phi) is 4.50. The molecule has 1 aromatic rings. The molecule has 1 N–H and O–H groups in total. The number of anilines is 1. The van der Waals surface area contributed by atoms with Gasteiger partial charge in [0.15, 0.2) is 5.78 Å². The number of benzene rings is 1. The fourth-order valence-electron chi connectivity index (χ4n) is 1.88.